The number of hydrogen-bond acceptors (Lipinski definition) is 2. The van der Waals surface area contributed by atoms with Crippen LogP contribution in [0.2, 0.25) is 0 Å². The van der Waals surface area contributed by atoms with E-state index in [0.717, 1.165) is 22.5 Å². The Hall–Kier alpha value is -3.14. The van der Waals surface area contributed by atoms with Crippen molar-refractivity contribution in [2.75, 3.05) is 0 Å². The molecule has 0 spiro atoms. The smallest absolute Gasteiger partial charge is 0.271 e. The number of para-hydroxylation sites is 1. The van der Waals surface area contributed by atoms with Gasteiger partial charge in [-0.05, 0) is 24.6 Å². The fourth-order valence-corrected chi connectivity index (χ4v) is 3.20. The number of nitrogens with one attached hydrogen (secondary N) is 2. The average Bonchev–Trinajstić information content (AvgIpc) is 3.20. The Labute approximate surface area is 145 Å². The number of H-pyrrole nitrogens is 2. The lowest BCUT2D eigenvalue weighted by molar-refractivity contribution is 0.850. The molecule has 1 aliphatic rings. The summed E-state index contributed by atoms with van der Waals surface area (Å²) in [7, 11) is 0. The molecule has 3 aromatic rings. The summed E-state index contributed by atoms with van der Waals surface area (Å²) in [4.78, 5) is 16.8. The Balaban J connectivity index is 1.77. The minimum absolute atomic E-state index is 0.0833. The number of aromatic amines is 2. The first-order valence-corrected chi connectivity index (χ1v) is 8.36. The predicted octanol–water partition coefficient (Wildman–Crippen LogP) is 4.42. The topological polar surface area (TPSA) is 61.0 Å². The predicted molar refractivity (Wildman–Crippen MR) is 103 cm³/mol. The molecule has 1 aromatic heterocycles. The van der Waals surface area contributed by atoms with Crippen molar-refractivity contribution < 1.29 is 0 Å². The first-order chi connectivity index (χ1) is 12.1. The van der Waals surface area contributed by atoms with Gasteiger partial charge in [0.25, 0.3) is 5.56 Å². The fraction of sp³-hybridized carbons (Fsp3) is 0.143. The molecule has 4 heteroatoms. The number of aromatic nitrogens is 2. The van der Waals surface area contributed by atoms with Crippen LogP contribution in [0.15, 0.2) is 58.3 Å². The summed E-state index contributed by atoms with van der Waals surface area (Å²) in [5, 5.41) is 5.79. The summed E-state index contributed by atoms with van der Waals surface area (Å²) in [6, 6.07) is 16.3. The highest BCUT2D eigenvalue weighted by atomic mass is 16.1. The minimum atomic E-state index is -0.112. The van der Waals surface area contributed by atoms with Crippen LogP contribution in [-0.2, 0) is 0 Å². The average molecular weight is 329 g/mol. The Morgan fingerprint density at radius 3 is 2.60 bits per heavy atom. The Bertz CT molecular complexity index is 1040. The van der Waals surface area contributed by atoms with Gasteiger partial charge >= 0.3 is 0 Å². The number of benzene rings is 2. The minimum Gasteiger partial charge on any atom is -0.301 e. The van der Waals surface area contributed by atoms with Gasteiger partial charge in [-0.3, -0.25) is 14.9 Å². The summed E-state index contributed by atoms with van der Waals surface area (Å²) < 4.78 is 0. The number of aryl methyl sites for hydroxylation is 1. The zero-order valence-electron chi connectivity index (χ0n) is 14.2. The van der Waals surface area contributed by atoms with Gasteiger partial charge in [0, 0.05) is 23.3 Å². The van der Waals surface area contributed by atoms with E-state index in [2.05, 4.69) is 53.3 Å². The number of fused-ring (bicyclic) bond motifs is 1. The van der Waals surface area contributed by atoms with Gasteiger partial charge in [0.1, 0.15) is 0 Å². The molecule has 2 heterocycles. The first-order valence-electron chi connectivity index (χ1n) is 8.36. The van der Waals surface area contributed by atoms with Crippen molar-refractivity contribution in [3.63, 3.8) is 0 Å². The molecule has 0 fully saturated rings. The van der Waals surface area contributed by atoms with E-state index in [9.17, 15) is 4.79 Å². The van der Waals surface area contributed by atoms with Gasteiger partial charge in [0.05, 0.1) is 16.9 Å². The van der Waals surface area contributed by atoms with Gasteiger partial charge in [0.2, 0.25) is 0 Å². The van der Waals surface area contributed by atoms with Gasteiger partial charge < -0.3 is 5.10 Å². The highest BCUT2D eigenvalue weighted by molar-refractivity contribution is 6.21. The van der Waals surface area contributed by atoms with Crippen molar-refractivity contribution >= 4 is 23.6 Å². The lowest BCUT2D eigenvalue weighted by atomic mass is 9.93. The summed E-state index contributed by atoms with van der Waals surface area (Å²) in [6.07, 6.45) is 3.74. The second-order valence-corrected chi connectivity index (χ2v) is 6.41. The number of hydrogen-bond donors (Lipinski definition) is 2. The highest BCUT2D eigenvalue weighted by Crippen LogP contribution is 2.33. The quantitative estimate of drug-likeness (QED) is 0.734. The second kappa shape index (κ2) is 6.06. The molecule has 1 aliphatic heterocycles. The lowest BCUT2D eigenvalue weighted by Gasteiger charge is -2.11. The maximum absolute atomic E-state index is 12.4. The lowest BCUT2D eigenvalue weighted by Crippen LogP contribution is -2.05. The molecule has 25 heavy (non-hydrogen) atoms. The normalized spacial score (nSPS) is 15.5. The standard InChI is InChI=1S/C21H19N3O/c1-13-7-9-15(10-8-13)14(2)20-18(21(25)24-23-20)11-16-12-22-19-6-4-3-5-17(16)19/h3-12,14H,1-2H3,(H2,23,24,25)/b16-11-. The van der Waals surface area contributed by atoms with Gasteiger partial charge in [-0.15, -0.1) is 0 Å². The van der Waals surface area contributed by atoms with Crippen molar-refractivity contribution in [3.8, 4) is 0 Å². The van der Waals surface area contributed by atoms with Crippen LogP contribution in [0.3, 0.4) is 0 Å². The highest BCUT2D eigenvalue weighted by Gasteiger charge is 2.18. The van der Waals surface area contributed by atoms with E-state index in [0.29, 0.717) is 5.56 Å². The molecular weight excluding hydrogens is 310 g/mol. The van der Waals surface area contributed by atoms with Crippen LogP contribution in [-0.4, -0.2) is 16.4 Å². The van der Waals surface area contributed by atoms with Gasteiger partial charge in [-0.2, -0.15) is 0 Å². The number of nitrogens with zero attached hydrogens (tertiary/aromatic N) is 1. The van der Waals surface area contributed by atoms with E-state index < -0.39 is 0 Å². The molecule has 0 amide bonds. The summed E-state index contributed by atoms with van der Waals surface area (Å²) >= 11 is 0. The summed E-state index contributed by atoms with van der Waals surface area (Å²) in [6.45, 7) is 4.17. The number of rotatable bonds is 3. The third-order valence-electron chi connectivity index (χ3n) is 4.71. The second-order valence-electron chi connectivity index (χ2n) is 6.41. The zero-order chi connectivity index (χ0) is 17.4. The number of allylic oxidation sites excluding steroid dienone is 1. The molecule has 1 atom stereocenters. The van der Waals surface area contributed by atoms with E-state index in [1.54, 1.807) is 0 Å². The maximum Gasteiger partial charge on any atom is 0.271 e. The monoisotopic (exact) mass is 329 g/mol. The molecule has 4 nitrogen and oxygen atoms in total. The Morgan fingerprint density at radius 1 is 1.04 bits per heavy atom. The Kier molecular flexibility index (Phi) is 3.73. The molecule has 0 radical (unpaired) electrons. The van der Waals surface area contributed by atoms with Gasteiger partial charge in [-0.1, -0.05) is 55.0 Å². The molecule has 0 saturated heterocycles. The molecule has 0 bridgehead atoms. The van der Waals surface area contributed by atoms with Gasteiger partial charge in [0.15, 0.2) is 0 Å². The zero-order valence-corrected chi connectivity index (χ0v) is 14.2. The molecule has 2 N–H and O–H groups in total. The third kappa shape index (κ3) is 2.76. The van der Waals surface area contributed by atoms with Crippen LogP contribution < -0.4 is 5.56 Å². The molecule has 0 aliphatic carbocycles. The maximum atomic E-state index is 12.4. The molecular formula is C21H19N3O. The van der Waals surface area contributed by atoms with Gasteiger partial charge in [-0.25, -0.2) is 0 Å². The van der Waals surface area contributed by atoms with Crippen LogP contribution >= 0.6 is 0 Å². The summed E-state index contributed by atoms with van der Waals surface area (Å²) in [5.74, 6) is 0.0833. The van der Waals surface area contributed by atoms with E-state index in [-0.39, 0.29) is 11.5 Å². The van der Waals surface area contributed by atoms with E-state index in [1.807, 2.05) is 36.6 Å². The molecule has 4 rings (SSSR count). The molecule has 124 valence electrons. The van der Waals surface area contributed by atoms with Crippen molar-refractivity contribution in [1.29, 1.82) is 0 Å². The summed E-state index contributed by atoms with van der Waals surface area (Å²) in [5.41, 5.74) is 6.77. The molecule has 1 unspecified atom stereocenters. The molecule has 2 aromatic carbocycles. The Morgan fingerprint density at radius 2 is 1.80 bits per heavy atom. The number of aliphatic imine (C=N–C) groups is 1. The van der Waals surface area contributed by atoms with Crippen molar-refractivity contribution in [1.82, 2.24) is 10.2 Å². The van der Waals surface area contributed by atoms with Crippen LogP contribution in [0.4, 0.5) is 5.69 Å². The SMILES string of the molecule is Cc1ccc(C(C)c2[nH][nH]c(=O)c2/C=C2/C=Nc3ccccc32)cc1. The fourth-order valence-electron chi connectivity index (χ4n) is 3.20. The van der Waals surface area contributed by atoms with Crippen LogP contribution in [0.5, 0.6) is 0 Å². The van der Waals surface area contributed by atoms with E-state index in [1.165, 1.54) is 11.1 Å². The molecule has 0 saturated carbocycles. The van der Waals surface area contributed by atoms with E-state index in [4.69, 9.17) is 0 Å². The van der Waals surface area contributed by atoms with E-state index >= 15 is 0 Å². The first kappa shape index (κ1) is 15.4. The van der Waals surface area contributed by atoms with Crippen LogP contribution in [0, 0.1) is 6.92 Å². The largest absolute Gasteiger partial charge is 0.301 e. The van der Waals surface area contributed by atoms with Crippen molar-refractivity contribution in [3.05, 3.63) is 86.8 Å². The van der Waals surface area contributed by atoms with Crippen molar-refractivity contribution in [2.24, 2.45) is 4.99 Å². The van der Waals surface area contributed by atoms with Crippen molar-refractivity contribution in [2.45, 2.75) is 19.8 Å². The van der Waals surface area contributed by atoms with Crippen LogP contribution in [0.25, 0.3) is 11.6 Å². The third-order valence-corrected chi connectivity index (χ3v) is 4.71. The van der Waals surface area contributed by atoms with Crippen LogP contribution in [0.1, 0.15) is 40.8 Å².